The lowest BCUT2D eigenvalue weighted by Crippen LogP contribution is -2.58. The van der Waals surface area contributed by atoms with Gasteiger partial charge in [-0.25, -0.2) is 4.79 Å². The number of carbonyl (C=O) groups excluding carboxylic acids is 3. The Morgan fingerprint density at radius 1 is 1.10 bits per heavy atom. The predicted octanol–water partition coefficient (Wildman–Crippen LogP) is -1.74. The van der Waals surface area contributed by atoms with Crippen molar-refractivity contribution in [3.05, 3.63) is 0 Å². The molecule has 176 valence electrons. The van der Waals surface area contributed by atoms with Crippen molar-refractivity contribution >= 4 is 29.7 Å². The van der Waals surface area contributed by atoms with E-state index in [9.17, 15) is 29.1 Å². The molecule has 0 saturated carbocycles. The number of nitrogens with two attached hydrogens (primary N) is 1. The first-order valence-corrected chi connectivity index (χ1v) is 10.1. The van der Waals surface area contributed by atoms with Crippen LogP contribution in [0.25, 0.3) is 0 Å². The fourth-order valence-electron chi connectivity index (χ4n) is 3.40. The van der Waals surface area contributed by atoms with Crippen LogP contribution in [0, 0.1) is 5.92 Å². The molecule has 31 heavy (non-hydrogen) atoms. The van der Waals surface area contributed by atoms with Crippen molar-refractivity contribution in [3.63, 3.8) is 0 Å². The van der Waals surface area contributed by atoms with E-state index in [4.69, 9.17) is 15.9 Å². The molecule has 12 nitrogen and oxygen atoms in total. The molecule has 3 amide bonds. The second-order valence-electron chi connectivity index (χ2n) is 8.15. The Morgan fingerprint density at radius 3 is 2.19 bits per heavy atom. The van der Waals surface area contributed by atoms with E-state index in [0.717, 1.165) is 0 Å². The molecule has 12 heteroatoms. The maximum atomic E-state index is 12.8. The van der Waals surface area contributed by atoms with E-state index in [2.05, 4.69) is 10.6 Å². The third-order valence-corrected chi connectivity index (χ3v) is 4.94. The standard InChI is InChI=1S/C19H32N4O8/c1-9(2)7-12(16(27)22-15(10(3)24)19(30)31)21-17(28)13-5-4-6-23(13)18(29)11(20)8-14(25)26/h9-13,15,24H,4-8,20H2,1-3H3,(H,21,28)(H,22,27)(H,25,26)(H,30,31). The number of rotatable bonds is 11. The summed E-state index contributed by atoms with van der Waals surface area (Å²) in [6.07, 6.45) is -0.900. The average Bonchev–Trinajstić information content (AvgIpc) is 3.12. The maximum absolute atomic E-state index is 12.8. The molecular formula is C19H32N4O8. The van der Waals surface area contributed by atoms with Crippen LogP contribution in [-0.2, 0) is 24.0 Å². The van der Waals surface area contributed by atoms with Crippen molar-refractivity contribution in [2.45, 2.75) is 76.7 Å². The van der Waals surface area contributed by atoms with Gasteiger partial charge in [-0.15, -0.1) is 0 Å². The highest BCUT2D eigenvalue weighted by atomic mass is 16.4. The fourth-order valence-corrected chi connectivity index (χ4v) is 3.40. The van der Waals surface area contributed by atoms with Crippen LogP contribution >= 0.6 is 0 Å². The number of carboxylic acids is 2. The van der Waals surface area contributed by atoms with Crippen molar-refractivity contribution in [2.24, 2.45) is 11.7 Å². The quantitative estimate of drug-likeness (QED) is 0.214. The van der Waals surface area contributed by atoms with Crippen molar-refractivity contribution in [1.82, 2.24) is 15.5 Å². The van der Waals surface area contributed by atoms with Gasteiger partial charge in [-0.05, 0) is 32.1 Å². The molecule has 0 bridgehead atoms. The van der Waals surface area contributed by atoms with Crippen LogP contribution in [0.1, 0.15) is 46.5 Å². The van der Waals surface area contributed by atoms with Crippen LogP contribution in [0.2, 0.25) is 0 Å². The van der Waals surface area contributed by atoms with Crippen LogP contribution in [0.4, 0.5) is 0 Å². The summed E-state index contributed by atoms with van der Waals surface area (Å²) in [5.41, 5.74) is 5.64. The molecule has 1 fully saturated rings. The zero-order valence-electron chi connectivity index (χ0n) is 17.9. The molecule has 0 radical (unpaired) electrons. The molecule has 0 aromatic heterocycles. The summed E-state index contributed by atoms with van der Waals surface area (Å²) in [6.45, 7) is 5.07. The van der Waals surface area contributed by atoms with E-state index >= 15 is 0 Å². The van der Waals surface area contributed by atoms with Gasteiger partial charge in [0.1, 0.15) is 12.1 Å². The molecule has 1 saturated heterocycles. The number of carboxylic acid groups (broad SMARTS) is 2. The van der Waals surface area contributed by atoms with Gasteiger partial charge in [0, 0.05) is 6.54 Å². The van der Waals surface area contributed by atoms with E-state index < -0.39 is 66.4 Å². The number of amides is 3. The lowest BCUT2D eigenvalue weighted by molar-refractivity contribution is -0.145. The summed E-state index contributed by atoms with van der Waals surface area (Å²) in [4.78, 5) is 61.2. The number of hydrogen-bond acceptors (Lipinski definition) is 7. The molecule has 1 aliphatic rings. The molecule has 5 atom stereocenters. The third kappa shape index (κ3) is 7.79. The van der Waals surface area contributed by atoms with Gasteiger partial charge in [-0.3, -0.25) is 19.2 Å². The SMILES string of the molecule is CC(C)CC(NC(=O)C1CCCN1C(=O)C(N)CC(=O)O)C(=O)NC(C(=O)O)C(C)O. The molecule has 5 unspecified atom stereocenters. The summed E-state index contributed by atoms with van der Waals surface area (Å²) < 4.78 is 0. The topological polar surface area (TPSA) is 199 Å². The number of carbonyl (C=O) groups is 5. The molecule has 0 spiro atoms. The zero-order valence-corrected chi connectivity index (χ0v) is 17.9. The van der Waals surface area contributed by atoms with Gasteiger partial charge < -0.3 is 36.6 Å². The van der Waals surface area contributed by atoms with Crippen molar-refractivity contribution < 1.29 is 39.3 Å². The maximum Gasteiger partial charge on any atom is 0.328 e. The first-order chi connectivity index (χ1) is 14.3. The summed E-state index contributed by atoms with van der Waals surface area (Å²) >= 11 is 0. The van der Waals surface area contributed by atoms with Crippen molar-refractivity contribution in [3.8, 4) is 0 Å². The van der Waals surface area contributed by atoms with Crippen LogP contribution < -0.4 is 16.4 Å². The summed E-state index contributed by atoms with van der Waals surface area (Å²) in [7, 11) is 0. The molecule has 0 aliphatic carbocycles. The summed E-state index contributed by atoms with van der Waals surface area (Å²) in [5.74, 6) is -4.73. The van der Waals surface area contributed by atoms with Gasteiger partial charge in [-0.2, -0.15) is 0 Å². The molecule has 1 heterocycles. The number of aliphatic carboxylic acids is 2. The first kappa shape index (κ1) is 26.3. The average molecular weight is 444 g/mol. The number of likely N-dealkylation sites (tertiary alicyclic amines) is 1. The van der Waals surface area contributed by atoms with Gasteiger partial charge >= 0.3 is 11.9 Å². The Kier molecular flexibility index (Phi) is 9.85. The highest BCUT2D eigenvalue weighted by Crippen LogP contribution is 2.19. The van der Waals surface area contributed by atoms with Crippen LogP contribution in [0.3, 0.4) is 0 Å². The number of aliphatic hydroxyl groups is 1. The summed E-state index contributed by atoms with van der Waals surface area (Å²) in [6, 6.07) is -4.83. The molecule has 7 N–H and O–H groups in total. The van der Waals surface area contributed by atoms with E-state index in [-0.39, 0.29) is 18.9 Å². The zero-order chi connectivity index (χ0) is 23.9. The Labute approximate surface area is 180 Å². The molecule has 1 aliphatic heterocycles. The minimum Gasteiger partial charge on any atom is -0.481 e. The Balaban J connectivity index is 2.92. The van der Waals surface area contributed by atoms with E-state index in [1.807, 2.05) is 13.8 Å². The van der Waals surface area contributed by atoms with Crippen molar-refractivity contribution in [2.75, 3.05) is 6.54 Å². The van der Waals surface area contributed by atoms with Crippen LogP contribution in [0.15, 0.2) is 0 Å². The molecule has 0 aromatic carbocycles. The van der Waals surface area contributed by atoms with Gasteiger partial charge in [0.15, 0.2) is 6.04 Å². The van der Waals surface area contributed by atoms with E-state index in [1.54, 1.807) is 0 Å². The molecule has 1 rings (SSSR count). The van der Waals surface area contributed by atoms with Crippen molar-refractivity contribution in [1.29, 1.82) is 0 Å². The first-order valence-electron chi connectivity index (χ1n) is 10.1. The van der Waals surface area contributed by atoms with Gasteiger partial charge in [0.05, 0.1) is 18.6 Å². The lowest BCUT2D eigenvalue weighted by atomic mass is 10.0. The highest BCUT2D eigenvalue weighted by Gasteiger charge is 2.38. The predicted molar refractivity (Wildman–Crippen MR) is 108 cm³/mol. The highest BCUT2D eigenvalue weighted by molar-refractivity contribution is 5.95. The minimum absolute atomic E-state index is 0.0313. The van der Waals surface area contributed by atoms with Gasteiger partial charge in [-0.1, -0.05) is 13.8 Å². The second kappa shape index (κ2) is 11.6. The molecular weight excluding hydrogens is 412 g/mol. The largest absolute Gasteiger partial charge is 0.481 e. The number of nitrogens with one attached hydrogen (secondary N) is 2. The fraction of sp³-hybridized carbons (Fsp3) is 0.737. The smallest absolute Gasteiger partial charge is 0.328 e. The van der Waals surface area contributed by atoms with Gasteiger partial charge in [0.25, 0.3) is 0 Å². The minimum atomic E-state index is -1.54. The Bertz CT molecular complexity index is 696. The van der Waals surface area contributed by atoms with Crippen LogP contribution in [-0.4, -0.2) is 86.7 Å². The Morgan fingerprint density at radius 2 is 1.71 bits per heavy atom. The van der Waals surface area contributed by atoms with Gasteiger partial charge in [0.2, 0.25) is 17.7 Å². The number of nitrogens with zero attached hydrogens (tertiary/aromatic N) is 1. The van der Waals surface area contributed by atoms with E-state index in [1.165, 1.54) is 11.8 Å². The second-order valence-corrected chi connectivity index (χ2v) is 8.15. The normalized spacial score (nSPS) is 19.9. The lowest BCUT2D eigenvalue weighted by Gasteiger charge is -2.29. The molecule has 0 aromatic rings. The third-order valence-electron chi connectivity index (χ3n) is 4.94. The monoisotopic (exact) mass is 444 g/mol. The Hall–Kier alpha value is -2.73. The summed E-state index contributed by atoms with van der Waals surface area (Å²) in [5, 5.41) is 32.4. The van der Waals surface area contributed by atoms with E-state index in [0.29, 0.717) is 12.8 Å². The van der Waals surface area contributed by atoms with Crippen LogP contribution in [0.5, 0.6) is 0 Å². The number of aliphatic hydroxyl groups excluding tert-OH is 1. The number of hydrogen-bond donors (Lipinski definition) is 6.